The summed E-state index contributed by atoms with van der Waals surface area (Å²) in [7, 11) is 1.79. The lowest BCUT2D eigenvalue weighted by Crippen LogP contribution is -2.37. The molecule has 0 aromatic heterocycles. The highest BCUT2D eigenvalue weighted by Gasteiger charge is 2.35. The summed E-state index contributed by atoms with van der Waals surface area (Å²) in [6.07, 6.45) is 2.09. The maximum absolute atomic E-state index is 14.3. The number of nitrogens with zero attached hydrogens (tertiary/aromatic N) is 1. The summed E-state index contributed by atoms with van der Waals surface area (Å²) in [6.45, 7) is 2.39. The highest BCUT2D eigenvalue weighted by Crippen LogP contribution is 2.39. The summed E-state index contributed by atoms with van der Waals surface area (Å²) in [6, 6.07) is 10.8. The number of hydrogen-bond donors (Lipinski definition) is 1. The van der Waals surface area contributed by atoms with Crippen LogP contribution < -0.4 is 4.90 Å². The summed E-state index contributed by atoms with van der Waals surface area (Å²) >= 11 is 1.47. The van der Waals surface area contributed by atoms with Gasteiger partial charge >= 0.3 is 0 Å². The quantitative estimate of drug-likeness (QED) is 0.834. The molecule has 0 saturated carbocycles. The molecule has 0 aliphatic carbocycles. The fraction of sp³-hybridized carbons (Fsp3) is 0.409. The Morgan fingerprint density at radius 2 is 2.04 bits per heavy atom. The second-order valence-electron chi connectivity index (χ2n) is 7.69. The van der Waals surface area contributed by atoms with Gasteiger partial charge in [0.05, 0.1) is 18.3 Å². The second kappa shape index (κ2) is 7.50. The van der Waals surface area contributed by atoms with Gasteiger partial charge in [-0.25, -0.2) is 4.39 Å². The number of carbonyl (C=O) groups is 1. The molecule has 1 N–H and O–H groups in total. The molecular weight excluding hydrogens is 377 g/mol. The molecule has 1 fully saturated rings. The number of carbonyl (C=O) groups excluding carboxylic acids is 1. The molecule has 28 heavy (non-hydrogen) atoms. The minimum Gasteiger partial charge on any atom is -0.385 e. The molecule has 148 valence electrons. The Hall–Kier alpha value is -1.89. The number of aryl methyl sites for hydroxylation is 1. The van der Waals surface area contributed by atoms with Crippen molar-refractivity contribution in [1.82, 2.24) is 0 Å². The summed E-state index contributed by atoms with van der Waals surface area (Å²) < 4.78 is 19.9. The van der Waals surface area contributed by atoms with Crippen molar-refractivity contribution in [3.05, 3.63) is 53.3 Å². The van der Waals surface area contributed by atoms with Crippen LogP contribution in [0.5, 0.6) is 0 Å². The molecule has 4 nitrogen and oxygen atoms in total. The lowest BCUT2D eigenvalue weighted by molar-refractivity contribution is -0.118. The molecule has 1 saturated heterocycles. The standard InChI is InChI=1S/C22H24FNO3S/c1-14-13-22(26,7-8-27-14)16-10-17(23)12-19(11-16)28-18-4-5-20-15(9-18)3-6-21(25)24(20)2/h4-5,9-12,14,26H,3,6-8,13H2,1-2H3/t14-,22+/m0/s1. The van der Waals surface area contributed by atoms with Crippen molar-refractivity contribution < 1.29 is 19.0 Å². The topological polar surface area (TPSA) is 49.8 Å². The van der Waals surface area contributed by atoms with E-state index in [1.807, 2.05) is 25.1 Å². The van der Waals surface area contributed by atoms with Crippen molar-refractivity contribution >= 4 is 23.4 Å². The minimum atomic E-state index is -1.06. The zero-order valence-corrected chi connectivity index (χ0v) is 16.9. The van der Waals surface area contributed by atoms with E-state index in [1.54, 1.807) is 11.9 Å². The van der Waals surface area contributed by atoms with E-state index < -0.39 is 5.60 Å². The number of amides is 1. The van der Waals surface area contributed by atoms with Crippen molar-refractivity contribution in [2.24, 2.45) is 0 Å². The average Bonchev–Trinajstić information content (AvgIpc) is 2.64. The maximum Gasteiger partial charge on any atom is 0.227 e. The van der Waals surface area contributed by atoms with Gasteiger partial charge in [0.25, 0.3) is 0 Å². The van der Waals surface area contributed by atoms with Gasteiger partial charge in [-0.1, -0.05) is 11.8 Å². The SMILES string of the molecule is C[C@H]1C[C@@](O)(c2cc(F)cc(Sc3ccc4c(c3)CCC(=O)N4C)c2)CCO1. The third kappa shape index (κ3) is 3.81. The second-order valence-corrected chi connectivity index (χ2v) is 8.83. The summed E-state index contributed by atoms with van der Waals surface area (Å²) in [4.78, 5) is 15.3. The van der Waals surface area contributed by atoms with Crippen molar-refractivity contribution in [3.8, 4) is 0 Å². The molecule has 0 radical (unpaired) electrons. The maximum atomic E-state index is 14.3. The van der Waals surface area contributed by atoms with E-state index in [-0.39, 0.29) is 17.8 Å². The Morgan fingerprint density at radius 1 is 1.21 bits per heavy atom. The van der Waals surface area contributed by atoms with E-state index in [1.165, 1.54) is 23.9 Å². The Labute approximate surface area is 168 Å². The number of rotatable bonds is 3. The monoisotopic (exact) mass is 401 g/mol. The Balaban J connectivity index is 1.61. The first-order valence-corrected chi connectivity index (χ1v) is 10.4. The van der Waals surface area contributed by atoms with Crippen LogP contribution in [0.3, 0.4) is 0 Å². The number of fused-ring (bicyclic) bond motifs is 1. The Bertz CT molecular complexity index is 919. The molecule has 2 aliphatic heterocycles. The number of halogens is 1. The van der Waals surface area contributed by atoms with Gasteiger partial charge in [0.1, 0.15) is 5.82 Å². The predicted molar refractivity (Wildman–Crippen MR) is 107 cm³/mol. The molecule has 0 bridgehead atoms. The molecule has 0 spiro atoms. The van der Waals surface area contributed by atoms with Gasteiger partial charge < -0.3 is 14.7 Å². The highest BCUT2D eigenvalue weighted by molar-refractivity contribution is 7.99. The minimum absolute atomic E-state index is 0.0570. The smallest absolute Gasteiger partial charge is 0.227 e. The highest BCUT2D eigenvalue weighted by atomic mass is 32.2. The largest absolute Gasteiger partial charge is 0.385 e. The fourth-order valence-electron chi connectivity index (χ4n) is 4.05. The van der Waals surface area contributed by atoms with Crippen molar-refractivity contribution in [2.45, 2.75) is 54.1 Å². The van der Waals surface area contributed by atoms with Crippen LogP contribution in [0.2, 0.25) is 0 Å². The molecule has 1 amide bonds. The lowest BCUT2D eigenvalue weighted by atomic mass is 9.84. The zero-order chi connectivity index (χ0) is 19.9. The summed E-state index contributed by atoms with van der Waals surface area (Å²) in [5, 5.41) is 11.0. The van der Waals surface area contributed by atoms with Crippen LogP contribution in [-0.4, -0.2) is 30.8 Å². The predicted octanol–water partition coefficient (Wildman–Crippen LogP) is 4.27. The Kier molecular flexibility index (Phi) is 5.21. The first-order chi connectivity index (χ1) is 13.3. The third-order valence-corrected chi connectivity index (χ3v) is 6.54. The van der Waals surface area contributed by atoms with Gasteiger partial charge in [0.2, 0.25) is 5.91 Å². The zero-order valence-electron chi connectivity index (χ0n) is 16.1. The van der Waals surface area contributed by atoms with E-state index in [0.29, 0.717) is 31.4 Å². The van der Waals surface area contributed by atoms with Crippen LogP contribution in [0, 0.1) is 5.82 Å². The van der Waals surface area contributed by atoms with Crippen LogP contribution in [0.25, 0.3) is 0 Å². The van der Waals surface area contributed by atoms with E-state index in [2.05, 4.69) is 6.07 Å². The molecule has 2 aliphatic rings. The summed E-state index contributed by atoms with van der Waals surface area (Å²) in [5.74, 6) is -0.225. The number of hydrogen-bond acceptors (Lipinski definition) is 4. The first-order valence-electron chi connectivity index (χ1n) is 9.56. The van der Waals surface area contributed by atoms with Crippen molar-refractivity contribution in [3.63, 3.8) is 0 Å². The number of anilines is 1. The van der Waals surface area contributed by atoms with Crippen LogP contribution >= 0.6 is 11.8 Å². The van der Waals surface area contributed by atoms with E-state index in [4.69, 9.17) is 4.74 Å². The van der Waals surface area contributed by atoms with Crippen LogP contribution in [-0.2, 0) is 21.6 Å². The number of aliphatic hydroxyl groups is 1. The first kappa shape index (κ1) is 19.4. The summed E-state index contributed by atoms with van der Waals surface area (Å²) in [5.41, 5.74) is 1.61. The van der Waals surface area contributed by atoms with Crippen LogP contribution in [0.1, 0.15) is 37.3 Å². The molecule has 0 unspecified atom stereocenters. The van der Waals surface area contributed by atoms with E-state index in [0.717, 1.165) is 27.5 Å². The number of benzene rings is 2. The van der Waals surface area contributed by atoms with E-state index >= 15 is 0 Å². The van der Waals surface area contributed by atoms with Gasteiger partial charge in [-0.15, -0.1) is 0 Å². The fourth-order valence-corrected chi connectivity index (χ4v) is 5.02. The molecule has 4 rings (SSSR count). The lowest BCUT2D eigenvalue weighted by Gasteiger charge is -2.36. The molecule has 2 heterocycles. The van der Waals surface area contributed by atoms with Gasteiger partial charge in [-0.05, 0) is 60.9 Å². The molecule has 2 aromatic rings. The van der Waals surface area contributed by atoms with Crippen LogP contribution in [0.15, 0.2) is 46.2 Å². The normalized spacial score (nSPS) is 24.9. The van der Waals surface area contributed by atoms with Crippen molar-refractivity contribution in [1.29, 1.82) is 0 Å². The molecule has 2 aromatic carbocycles. The third-order valence-electron chi connectivity index (χ3n) is 5.58. The van der Waals surface area contributed by atoms with Gasteiger partial charge in [-0.3, -0.25) is 4.79 Å². The van der Waals surface area contributed by atoms with E-state index in [9.17, 15) is 14.3 Å². The van der Waals surface area contributed by atoms with Crippen LogP contribution in [0.4, 0.5) is 10.1 Å². The molecule has 2 atom stereocenters. The van der Waals surface area contributed by atoms with Crippen molar-refractivity contribution in [2.75, 3.05) is 18.6 Å². The average molecular weight is 402 g/mol. The Morgan fingerprint density at radius 3 is 2.82 bits per heavy atom. The van der Waals surface area contributed by atoms with Gasteiger partial charge in [-0.2, -0.15) is 0 Å². The number of ether oxygens (including phenoxy) is 1. The molecular formula is C22H24FNO3S. The van der Waals surface area contributed by atoms with Gasteiger partial charge in [0, 0.05) is 41.8 Å². The van der Waals surface area contributed by atoms with Gasteiger partial charge in [0.15, 0.2) is 0 Å². The molecule has 6 heteroatoms.